The maximum absolute atomic E-state index is 13.1. The van der Waals surface area contributed by atoms with Gasteiger partial charge in [0.05, 0.1) is 10.5 Å². The average Bonchev–Trinajstić information content (AvgIpc) is 3.10. The van der Waals surface area contributed by atoms with Gasteiger partial charge in [-0.2, -0.15) is 5.10 Å². The van der Waals surface area contributed by atoms with Crippen LogP contribution in [-0.4, -0.2) is 44.2 Å². The number of aliphatic hydroxyl groups excluding tert-OH is 1. The molecule has 0 radical (unpaired) electrons. The van der Waals surface area contributed by atoms with Gasteiger partial charge in [-0.1, -0.05) is 18.2 Å². The van der Waals surface area contributed by atoms with Crippen LogP contribution in [0.4, 0.5) is 0 Å². The molecule has 0 saturated heterocycles. The second kappa shape index (κ2) is 7.03. The van der Waals surface area contributed by atoms with Gasteiger partial charge in [-0.3, -0.25) is 4.79 Å². The van der Waals surface area contributed by atoms with Crippen LogP contribution in [-0.2, 0) is 11.2 Å². The van der Waals surface area contributed by atoms with Gasteiger partial charge in [0.1, 0.15) is 0 Å². The summed E-state index contributed by atoms with van der Waals surface area (Å²) in [4.78, 5) is 19.2. The lowest BCUT2D eigenvalue weighted by atomic mass is 9.89. The first-order chi connectivity index (χ1) is 13.0. The Morgan fingerprint density at radius 3 is 3.04 bits per heavy atom. The first-order valence-corrected chi connectivity index (χ1v) is 9.43. The van der Waals surface area contributed by atoms with Crippen LogP contribution in [0.5, 0.6) is 0 Å². The predicted octanol–water partition coefficient (Wildman–Crippen LogP) is 2.89. The highest BCUT2D eigenvalue weighted by Crippen LogP contribution is 2.34. The Kier molecular flexibility index (Phi) is 4.71. The fourth-order valence-corrected chi connectivity index (χ4v) is 3.93. The number of hydrogen-bond acceptors (Lipinski definition) is 5. The molecule has 1 aromatic carbocycles. The molecule has 2 aromatic heterocycles. The van der Waals surface area contributed by atoms with Gasteiger partial charge in [0.15, 0.2) is 17.6 Å². The van der Waals surface area contributed by atoms with Gasteiger partial charge in [0.2, 0.25) is 0 Å². The molecule has 140 valence electrons. The number of benzene rings is 1. The molecule has 0 spiro atoms. The van der Waals surface area contributed by atoms with Crippen molar-refractivity contribution in [3.05, 3.63) is 63.5 Å². The molecule has 0 bridgehead atoms. The van der Waals surface area contributed by atoms with E-state index in [4.69, 9.17) is 4.74 Å². The molecule has 1 amide bonds. The summed E-state index contributed by atoms with van der Waals surface area (Å²) in [7, 11) is 1.47. The van der Waals surface area contributed by atoms with Gasteiger partial charge >= 0.3 is 0 Å². The summed E-state index contributed by atoms with van der Waals surface area (Å²) < 4.78 is 7.46. The summed E-state index contributed by atoms with van der Waals surface area (Å²) in [6.45, 7) is 2.54. The number of aliphatic hydroxyl groups is 1. The summed E-state index contributed by atoms with van der Waals surface area (Å²) in [6, 6.07) is 7.31. The number of carbonyl (C=O) groups excluding carboxylic acids is 1. The highest BCUT2D eigenvalue weighted by Gasteiger charge is 2.31. The van der Waals surface area contributed by atoms with Crippen molar-refractivity contribution in [1.29, 1.82) is 0 Å². The third-order valence-electron chi connectivity index (χ3n) is 5.02. The van der Waals surface area contributed by atoms with Crippen LogP contribution in [0.15, 0.2) is 41.1 Å². The number of aromatic nitrogens is 3. The molecule has 1 aliphatic heterocycles. The van der Waals surface area contributed by atoms with Gasteiger partial charge in [0.25, 0.3) is 5.91 Å². The smallest absolute Gasteiger partial charge is 0.274 e. The molecular formula is C19H19BrN4O3. The van der Waals surface area contributed by atoms with Crippen LogP contribution >= 0.6 is 15.9 Å². The summed E-state index contributed by atoms with van der Waals surface area (Å²) in [6.07, 6.45) is 3.14. The van der Waals surface area contributed by atoms with Gasteiger partial charge < -0.3 is 14.7 Å². The monoisotopic (exact) mass is 430 g/mol. The van der Waals surface area contributed by atoms with Crippen molar-refractivity contribution in [3.63, 3.8) is 0 Å². The number of hydrogen-bond donors (Lipinski definition) is 1. The van der Waals surface area contributed by atoms with E-state index in [-0.39, 0.29) is 11.9 Å². The first-order valence-electron chi connectivity index (χ1n) is 8.64. The van der Waals surface area contributed by atoms with Crippen molar-refractivity contribution in [3.8, 4) is 0 Å². The number of methoxy groups -OCH3 is 1. The van der Waals surface area contributed by atoms with E-state index in [1.165, 1.54) is 7.11 Å². The molecule has 1 aliphatic rings. The molecule has 27 heavy (non-hydrogen) atoms. The van der Waals surface area contributed by atoms with E-state index in [1.54, 1.807) is 23.0 Å². The van der Waals surface area contributed by atoms with Gasteiger partial charge in [-0.25, -0.2) is 9.50 Å². The molecule has 0 saturated carbocycles. The zero-order valence-electron chi connectivity index (χ0n) is 15.0. The lowest BCUT2D eigenvalue weighted by Crippen LogP contribution is -2.39. The number of ether oxygens (including phenoxy) is 1. The van der Waals surface area contributed by atoms with E-state index in [9.17, 15) is 9.90 Å². The van der Waals surface area contributed by atoms with Crippen LogP contribution in [0.2, 0.25) is 0 Å². The van der Waals surface area contributed by atoms with Crippen LogP contribution in [0.3, 0.4) is 0 Å². The fraction of sp³-hybridized carbons (Fsp3) is 0.316. The number of amides is 1. The Balaban J connectivity index is 1.66. The lowest BCUT2D eigenvalue weighted by molar-refractivity contribution is -0.0777. The molecule has 2 unspecified atom stereocenters. The third kappa shape index (κ3) is 3.13. The second-order valence-electron chi connectivity index (χ2n) is 6.53. The zero-order chi connectivity index (χ0) is 19.1. The van der Waals surface area contributed by atoms with Crippen LogP contribution in [0.1, 0.15) is 46.4 Å². The molecule has 0 aliphatic carbocycles. The van der Waals surface area contributed by atoms with Crippen molar-refractivity contribution in [1.82, 2.24) is 19.5 Å². The zero-order valence-corrected chi connectivity index (χ0v) is 16.5. The summed E-state index contributed by atoms with van der Waals surface area (Å²) in [5.41, 5.74) is 3.81. The molecule has 7 nitrogen and oxygen atoms in total. The van der Waals surface area contributed by atoms with E-state index in [2.05, 4.69) is 26.0 Å². The summed E-state index contributed by atoms with van der Waals surface area (Å²) >= 11 is 3.36. The van der Waals surface area contributed by atoms with Crippen LogP contribution < -0.4 is 0 Å². The van der Waals surface area contributed by atoms with Gasteiger partial charge in [-0.15, -0.1) is 0 Å². The molecule has 3 heterocycles. The highest BCUT2D eigenvalue weighted by molar-refractivity contribution is 9.10. The maximum Gasteiger partial charge on any atom is 0.274 e. The maximum atomic E-state index is 13.1. The molecule has 0 fully saturated rings. The number of carbonyl (C=O) groups is 1. The minimum Gasteiger partial charge on any atom is -0.364 e. The Bertz CT molecular complexity index is 1020. The molecule has 4 rings (SSSR count). The first kappa shape index (κ1) is 18.1. The Morgan fingerprint density at radius 2 is 2.26 bits per heavy atom. The summed E-state index contributed by atoms with van der Waals surface area (Å²) in [5.74, 6) is -0.132. The van der Waals surface area contributed by atoms with E-state index >= 15 is 0 Å². The second-order valence-corrected chi connectivity index (χ2v) is 7.45. The lowest BCUT2D eigenvalue weighted by Gasteiger charge is -2.36. The Labute approximate surface area is 164 Å². The quantitative estimate of drug-likeness (QED) is 0.646. The van der Waals surface area contributed by atoms with Crippen molar-refractivity contribution in [2.45, 2.75) is 25.7 Å². The largest absolute Gasteiger partial charge is 0.364 e. The minimum absolute atomic E-state index is 0.130. The van der Waals surface area contributed by atoms with E-state index in [0.717, 1.165) is 21.2 Å². The topological polar surface area (TPSA) is 80.0 Å². The Morgan fingerprint density at radius 1 is 1.44 bits per heavy atom. The highest BCUT2D eigenvalue weighted by atomic mass is 79.9. The third-order valence-corrected chi connectivity index (χ3v) is 5.43. The average molecular weight is 431 g/mol. The van der Waals surface area contributed by atoms with E-state index < -0.39 is 6.29 Å². The molecule has 8 heteroatoms. The molecule has 2 atom stereocenters. The number of fused-ring (bicyclic) bond motifs is 2. The van der Waals surface area contributed by atoms with Crippen LogP contribution in [0.25, 0.3) is 5.65 Å². The predicted molar refractivity (Wildman–Crippen MR) is 102 cm³/mol. The fourth-order valence-electron chi connectivity index (χ4n) is 3.64. The van der Waals surface area contributed by atoms with Gasteiger partial charge in [0, 0.05) is 37.7 Å². The minimum atomic E-state index is -0.961. The molecule has 3 aromatic rings. The number of nitrogens with zero attached hydrogens (tertiary/aromatic N) is 4. The van der Waals surface area contributed by atoms with E-state index in [0.29, 0.717) is 24.3 Å². The summed E-state index contributed by atoms with van der Waals surface area (Å²) in [5, 5.41) is 14.5. The van der Waals surface area contributed by atoms with Gasteiger partial charge in [-0.05, 0) is 40.4 Å². The van der Waals surface area contributed by atoms with E-state index in [1.807, 2.05) is 30.0 Å². The van der Waals surface area contributed by atoms with Crippen molar-refractivity contribution in [2.24, 2.45) is 0 Å². The van der Waals surface area contributed by atoms with Crippen molar-refractivity contribution < 1.29 is 14.6 Å². The molecule has 1 N–H and O–H groups in total. The van der Waals surface area contributed by atoms with Crippen molar-refractivity contribution >= 4 is 27.5 Å². The SMILES string of the molecule is COC(O)c1cccc2c1CCN(C(=O)c1cc3ncc(Br)cn3n1)C2C. The Hall–Kier alpha value is -2.29. The number of halogens is 1. The van der Waals surface area contributed by atoms with Crippen molar-refractivity contribution in [2.75, 3.05) is 13.7 Å². The normalized spacial score (nSPS) is 17.8. The number of rotatable bonds is 3. The molecular weight excluding hydrogens is 412 g/mol. The standard InChI is InChI=1S/C19H19BrN4O3/c1-11-13-4-3-5-15(19(26)27-2)14(13)6-7-23(11)18(25)16-8-17-21-9-12(20)10-24(17)22-16/h3-5,8-11,19,26H,6-7H2,1-2H3. The van der Waals surface area contributed by atoms with Crippen LogP contribution in [0, 0.1) is 0 Å².